The zero-order valence-corrected chi connectivity index (χ0v) is 19.9. The highest BCUT2D eigenvalue weighted by Gasteiger charge is 2.27. The van der Waals surface area contributed by atoms with Gasteiger partial charge in [0, 0.05) is 31.2 Å². The third kappa shape index (κ3) is 5.94. The summed E-state index contributed by atoms with van der Waals surface area (Å²) in [5, 5.41) is 4.22. The second-order valence-electron chi connectivity index (χ2n) is 9.24. The normalized spacial score (nSPS) is 16.1. The van der Waals surface area contributed by atoms with Gasteiger partial charge in [-0.1, -0.05) is 25.9 Å². The van der Waals surface area contributed by atoms with Gasteiger partial charge >= 0.3 is 0 Å². The van der Waals surface area contributed by atoms with Crippen LogP contribution < -0.4 is 14.2 Å². The molecular formula is C24H34N2O6. The number of nitrogens with zero attached hydrogens (tertiary/aromatic N) is 2. The fourth-order valence-corrected chi connectivity index (χ4v) is 3.80. The SMILES string of the molecule is COc1cc(-c2cc(CN(CC3CCCO3)C(=O)CC(C)(C)C)no2)cc(OC)c1OC. The largest absolute Gasteiger partial charge is 0.493 e. The molecule has 176 valence electrons. The Morgan fingerprint density at radius 1 is 1.12 bits per heavy atom. The van der Waals surface area contributed by atoms with E-state index in [1.165, 1.54) is 0 Å². The predicted octanol–water partition coefficient (Wildman–Crippen LogP) is 4.31. The minimum atomic E-state index is -0.100. The minimum absolute atomic E-state index is 0.0698. The monoisotopic (exact) mass is 446 g/mol. The van der Waals surface area contributed by atoms with E-state index >= 15 is 0 Å². The Morgan fingerprint density at radius 2 is 1.81 bits per heavy atom. The van der Waals surface area contributed by atoms with Crippen LogP contribution in [0, 0.1) is 5.41 Å². The number of carbonyl (C=O) groups is 1. The number of methoxy groups -OCH3 is 3. The molecule has 0 saturated carbocycles. The molecule has 0 N–H and O–H groups in total. The number of benzene rings is 1. The van der Waals surface area contributed by atoms with Crippen LogP contribution in [0.4, 0.5) is 0 Å². The fourth-order valence-electron chi connectivity index (χ4n) is 3.80. The highest BCUT2D eigenvalue weighted by atomic mass is 16.5. The summed E-state index contributed by atoms with van der Waals surface area (Å²) in [4.78, 5) is 14.9. The Balaban J connectivity index is 1.82. The van der Waals surface area contributed by atoms with E-state index in [0.29, 0.717) is 48.2 Å². The lowest BCUT2D eigenvalue weighted by atomic mass is 9.91. The van der Waals surface area contributed by atoms with Crippen molar-refractivity contribution < 1.29 is 28.3 Å². The molecule has 1 aromatic heterocycles. The van der Waals surface area contributed by atoms with Gasteiger partial charge in [-0.3, -0.25) is 4.79 Å². The van der Waals surface area contributed by atoms with Crippen molar-refractivity contribution in [1.82, 2.24) is 10.1 Å². The topological polar surface area (TPSA) is 83.3 Å². The predicted molar refractivity (Wildman–Crippen MR) is 120 cm³/mol. The first-order chi connectivity index (χ1) is 15.2. The Hall–Kier alpha value is -2.74. The second-order valence-corrected chi connectivity index (χ2v) is 9.24. The third-order valence-electron chi connectivity index (χ3n) is 5.34. The first-order valence-corrected chi connectivity index (χ1v) is 10.9. The standard InChI is InChI=1S/C24H34N2O6/c1-24(2,3)13-22(27)26(15-18-8-7-9-31-18)14-17-12-19(32-25-17)16-10-20(28-4)23(30-6)21(11-16)29-5/h10-12,18H,7-9,13-15H2,1-6H3. The molecule has 1 aliphatic heterocycles. The first kappa shape index (κ1) is 23.9. The Labute approximate surface area is 189 Å². The average molecular weight is 447 g/mol. The maximum atomic E-state index is 13.0. The number of ether oxygens (including phenoxy) is 4. The zero-order chi connectivity index (χ0) is 23.3. The average Bonchev–Trinajstić information content (AvgIpc) is 3.43. The molecule has 1 amide bonds. The van der Waals surface area contributed by atoms with Crippen LogP contribution in [0.5, 0.6) is 17.2 Å². The fraction of sp³-hybridized carbons (Fsp3) is 0.583. The Kier molecular flexibility index (Phi) is 7.66. The molecule has 0 spiro atoms. The van der Waals surface area contributed by atoms with Gasteiger partial charge in [-0.15, -0.1) is 0 Å². The van der Waals surface area contributed by atoms with Crippen LogP contribution in [0.2, 0.25) is 0 Å². The summed E-state index contributed by atoms with van der Waals surface area (Å²) in [5.74, 6) is 2.21. The second kappa shape index (κ2) is 10.3. The van der Waals surface area contributed by atoms with Gasteiger partial charge in [-0.2, -0.15) is 0 Å². The summed E-state index contributed by atoms with van der Waals surface area (Å²) in [5.41, 5.74) is 1.32. The van der Waals surface area contributed by atoms with Crippen molar-refractivity contribution >= 4 is 5.91 Å². The number of hydrogen-bond donors (Lipinski definition) is 0. The lowest BCUT2D eigenvalue weighted by Gasteiger charge is -2.28. The first-order valence-electron chi connectivity index (χ1n) is 10.9. The van der Waals surface area contributed by atoms with E-state index in [4.69, 9.17) is 23.5 Å². The molecule has 2 aromatic rings. The molecule has 0 aliphatic carbocycles. The Morgan fingerprint density at radius 3 is 2.34 bits per heavy atom. The number of hydrogen-bond acceptors (Lipinski definition) is 7. The lowest BCUT2D eigenvalue weighted by molar-refractivity contribution is -0.135. The molecule has 2 heterocycles. The van der Waals surface area contributed by atoms with E-state index in [1.54, 1.807) is 33.5 Å². The molecule has 0 radical (unpaired) electrons. The molecule has 1 aromatic carbocycles. The van der Waals surface area contributed by atoms with Crippen LogP contribution in [0.25, 0.3) is 11.3 Å². The third-order valence-corrected chi connectivity index (χ3v) is 5.34. The van der Waals surface area contributed by atoms with Crippen LogP contribution in [-0.2, 0) is 16.1 Å². The Bertz CT molecular complexity index is 886. The smallest absolute Gasteiger partial charge is 0.223 e. The van der Waals surface area contributed by atoms with Crippen LogP contribution in [-0.4, -0.2) is 56.5 Å². The van der Waals surface area contributed by atoms with Crippen molar-refractivity contribution in [3.8, 4) is 28.6 Å². The van der Waals surface area contributed by atoms with E-state index in [1.807, 2.05) is 11.0 Å². The van der Waals surface area contributed by atoms with Gasteiger partial charge < -0.3 is 28.4 Å². The molecular weight excluding hydrogens is 412 g/mol. The van der Waals surface area contributed by atoms with Crippen molar-refractivity contribution in [3.63, 3.8) is 0 Å². The van der Waals surface area contributed by atoms with Gasteiger partial charge in [-0.25, -0.2) is 0 Å². The number of amides is 1. The molecule has 8 nitrogen and oxygen atoms in total. The molecule has 1 atom stereocenters. The van der Waals surface area contributed by atoms with E-state index < -0.39 is 0 Å². The highest BCUT2D eigenvalue weighted by molar-refractivity contribution is 5.77. The van der Waals surface area contributed by atoms with E-state index in [-0.39, 0.29) is 17.4 Å². The van der Waals surface area contributed by atoms with Crippen molar-refractivity contribution in [2.75, 3.05) is 34.5 Å². The molecule has 1 fully saturated rings. The van der Waals surface area contributed by atoms with Gasteiger partial charge in [0.1, 0.15) is 5.69 Å². The zero-order valence-electron chi connectivity index (χ0n) is 19.9. The minimum Gasteiger partial charge on any atom is -0.493 e. The summed E-state index contributed by atoms with van der Waals surface area (Å²) in [6.45, 7) is 7.86. The van der Waals surface area contributed by atoms with Gasteiger partial charge in [-0.05, 0) is 30.4 Å². The van der Waals surface area contributed by atoms with Crippen LogP contribution in [0.15, 0.2) is 22.7 Å². The van der Waals surface area contributed by atoms with Crippen LogP contribution in [0.1, 0.15) is 45.7 Å². The summed E-state index contributed by atoms with van der Waals surface area (Å²) in [6, 6.07) is 5.45. The maximum Gasteiger partial charge on any atom is 0.223 e. The molecule has 1 aliphatic rings. The number of rotatable bonds is 9. The highest BCUT2D eigenvalue weighted by Crippen LogP contribution is 2.41. The van der Waals surface area contributed by atoms with Crippen molar-refractivity contribution in [2.45, 2.75) is 52.7 Å². The van der Waals surface area contributed by atoms with Gasteiger partial charge in [0.25, 0.3) is 0 Å². The van der Waals surface area contributed by atoms with Crippen molar-refractivity contribution in [1.29, 1.82) is 0 Å². The molecule has 1 unspecified atom stereocenters. The van der Waals surface area contributed by atoms with E-state index in [2.05, 4.69) is 25.9 Å². The summed E-state index contributed by atoms with van der Waals surface area (Å²) >= 11 is 0. The van der Waals surface area contributed by atoms with Gasteiger partial charge in [0.05, 0.1) is 34.0 Å². The maximum absolute atomic E-state index is 13.0. The van der Waals surface area contributed by atoms with Crippen LogP contribution in [0.3, 0.4) is 0 Å². The van der Waals surface area contributed by atoms with E-state index in [9.17, 15) is 4.79 Å². The molecule has 0 bridgehead atoms. The molecule has 8 heteroatoms. The molecule has 1 saturated heterocycles. The van der Waals surface area contributed by atoms with Crippen molar-refractivity contribution in [3.05, 3.63) is 23.9 Å². The summed E-state index contributed by atoms with van der Waals surface area (Å²) in [6.07, 6.45) is 2.52. The quantitative estimate of drug-likeness (QED) is 0.567. The summed E-state index contributed by atoms with van der Waals surface area (Å²) in [7, 11) is 4.69. The lowest BCUT2D eigenvalue weighted by Crippen LogP contribution is -2.38. The van der Waals surface area contributed by atoms with Gasteiger partial charge in [0.2, 0.25) is 11.7 Å². The van der Waals surface area contributed by atoms with Gasteiger partial charge in [0.15, 0.2) is 17.3 Å². The van der Waals surface area contributed by atoms with Crippen molar-refractivity contribution in [2.24, 2.45) is 5.41 Å². The number of aromatic nitrogens is 1. The number of carbonyl (C=O) groups excluding carboxylic acids is 1. The van der Waals surface area contributed by atoms with Crippen LogP contribution >= 0.6 is 0 Å². The molecule has 3 rings (SSSR count). The van der Waals surface area contributed by atoms with E-state index in [0.717, 1.165) is 25.0 Å². The molecule has 32 heavy (non-hydrogen) atoms. The summed E-state index contributed by atoms with van der Waals surface area (Å²) < 4.78 is 27.6.